The Bertz CT molecular complexity index is 1070. The Balaban J connectivity index is 1.41. The van der Waals surface area contributed by atoms with Crippen molar-refractivity contribution in [3.8, 4) is 0 Å². The highest BCUT2D eigenvalue weighted by molar-refractivity contribution is 6.02. The number of hydrogen-bond acceptors (Lipinski definition) is 7. The smallest absolute Gasteiger partial charge is 0.359 e. The first-order chi connectivity index (χ1) is 16.5. The first-order valence-corrected chi connectivity index (χ1v) is 12.3. The van der Waals surface area contributed by atoms with Crippen molar-refractivity contribution in [2.75, 3.05) is 39.5 Å². The zero-order chi connectivity index (χ0) is 24.0. The molecule has 1 saturated heterocycles. The van der Waals surface area contributed by atoms with E-state index in [0.29, 0.717) is 43.5 Å². The topological polar surface area (TPSA) is 103 Å². The molecule has 0 atom stereocenters. The van der Waals surface area contributed by atoms with Gasteiger partial charge in [-0.3, -0.25) is 14.5 Å². The third-order valence-electron chi connectivity index (χ3n) is 6.91. The van der Waals surface area contributed by atoms with Gasteiger partial charge in [-0.25, -0.2) is 9.48 Å². The number of aryl methyl sites for hydroxylation is 1. The summed E-state index contributed by atoms with van der Waals surface area (Å²) >= 11 is 0. The van der Waals surface area contributed by atoms with Gasteiger partial charge < -0.3 is 14.8 Å². The number of amides is 1. The van der Waals surface area contributed by atoms with Crippen LogP contribution in [-0.2, 0) is 20.8 Å². The summed E-state index contributed by atoms with van der Waals surface area (Å²) in [6.07, 6.45) is 6.30. The van der Waals surface area contributed by atoms with Crippen LogP contribution in [0.5, 0.6) is 0 Å². The molecule has 2 fully saturated rings. The molecular weight excluding hydrogens is 436 g/mol. The van der Waals surface area contributed by atoms with Crippen LogP contribution in [0.3, 0.4) is 0 Å². The fourth-order valence-electron chi connectivity index (χ4n) is 5.12. The summed E-state index contributed by atoms with van der Waals surface area (Å²) in [4.78, 5) is 40.6. The molecule has 184 valence electrons. The highest BCUT2D eigenvalue weighted by Gasteiger charge is 2.38. The molecule has 1 aliphatic heterocycles. The number of aromatic nitrogens is 2. The second-order valence-electron chi connectivity index (χ2n) is 9.16. The van der Waals surface area contributed by atoms with Crippen LogP contribution >= 0.6 is 0 Å². The van der Waals surface area contributed by atoms with Crippen LogP contribution in [0.25, 0.3) is 10.8 Å². The molecular formula is C25H34N4O5. The van der Waals surface area contributed by atoms with Crippen molar-refractivity contribution in [3.05, 3.63) is 40.3 Å². The standard InChI is InChI=1S/C25H34N4O5/c1-2-12-29-23(31)20-9-5-4-8-19(20)22(27-29)24(32)34-17-21(30)26-18-25(10-6-3-7-11-25)28-13-15-33-16-14-28/h4-5,8-9H,2-3,6-7,10-18H2,1H3,(H,26,30). The first kappa shape index (κ1) is 24.3. The molecule has 1 aromatic carbocycles. The molecule has 9 heteroatoms. The van der Waals surface area contributed by atoms with Crippen molar-refractivity contribution >= 4 is 22.6 Å². The molecule has 0 radical (unpaired) electrons. The normalized spacial score (nSPS) is 18.5. The van der Waals surface area contributed by atoms with E-state index in [1.807, 2.05) is 6.92 Å². The van der Waals surface area contributed by atoms with Gasteiger partial charge in [-0.1, -0.05) is 44.4 Å². The number of carbonyl (C=O) groups is 2. The lowest BCUT2D eigenvalue weighted by molar-refractivity contribution is -0.125. The van der Waals surface area contributed by atoms with E-state index >= 15 is 0 Å². The predicted molar refractivity (Wildman–Crippen MR) is 128 cm³/mol. The van der Waals surface area contributed by atoms with Gasteiger partial charge in [0, 0.05) is 37.1 Å². The molecule has 0 unspecified atom stereocenters. The number of benzene rings is 1. The lowest BCUT2D eigenvalue weighted by Crippen LogP contribution is -2.59. The summed E-state index contributed by atoms with van der Waals surface area (Å²) in [6.45, 7) is 5.65. The number of carbonyl (C=O) groups excluding carboxylic acids is 2. The fraction of sp³-hybridized carbons (Fsp3) is 0.600. The van der Waals surface area contributed by atoms with Crippen LogP contribution < -0.4 is 10.9 Å². The summed E-state index contributed by atoms with van der Waals surface area (Å²) in [7, 11) is 0. The van der Waals surface area contributed by atoms with E-state index in [4.69, 9.17) is 9.47 Å². The maximum atomic E-state index is 12.8. The van der Waals surface area contributed by atoms with Gasteiger partial charge in [-0.2, -0.15) is 5.10 Å². The second-order valence-corrected chi connectivity index (χ2v) is 9.16. The van der Waals surface area contributed by atoms with Crippen LogP contribution in [0.4, 0.5) is 0 Å². The van der Waals surface area contributed by atoms with Gasteiger partial charge >= 0.3 is 5.97 Å². The number of nitrogens with zero attached hydrogens (tertiary/aromatic N) is 3. The monoisotopic (exact) mass is 470 g/mol. The fourth-order valence-corrected chi connectivity index (χ4v) is 5.12. The minimum atomic E-state index is -0.711. The van der Waals surface area contributed by atoms with Gasteiger partial charge in [0.15, 0.2) is 12.3 Å². The quantitative estimate of drug-likeness (QED) is 0.590. The van der Waals surface area contributed by atoms with E-state index in [2.05, 4.69) is 15.3 Å². The Hall–Kier alpha value is -2.78. The molecule has 1 aliphatic carbocycles. The summed E-state index contributed by atoms with van der Waals surface area (Å²) in [5.74, 6) is -1.05. The molecule has 9 nitrogen and oxygen atoms in total. The number of fused-ring (bicyclic) bond motifs is 1. The first-order valence-electron chi connectivity index (χ1n) is 12.3. The molecule has 34 heavy (non-hydrogen) atoms. The third kappa shape index (κ3) is 5.31. The van der Waals surface area contributed by atoms with E-state index in [-0.39, 0.29) is 29.3 Å². The summed E-state index contributed by atoms with van der Waals surface area (Å²) in [5, 5.41) is 8.08. The van der Waals surface area contributed by atoms with E-state index in [1.165, 1.54) is 11.1 Å². The van der Waals surface area contributed by atoms with Gasteiger partial charge in [0.2, 0.25) is 0 Å². The zero-order valence-corrected chi connectivity index (χ0v) is 19.9. The van der Waals surface area contributed by atoms with Crippen LogP contribution in [0, 0.1) is 0 Å². The molecule has 2 aromatic rings. The Kier molecular flexibility index (Phi) is 7.95. The van der Waals surface area contributed by atoms with Crippen LogP contribution in [-0.4, -0.2) is 71.6 Å². The highest BCUT2D eigenvalue weighted by Crippen LogP contribution is 2.33. The maximum absolute atomic E-state index is 12.8. The van der Waals surface area contributed by atoms with E-state index in [0.717, 1.165) is 38.8 Å². The van der Waals surface area contributed by atoms with Crippen LogP contribution in [0.15, 0.2) is 29.1 Å². The van der Waals surface area contributed by atoms with E-state index in [1.54, 1.807) is 24.3 Å². The zero-order valence-electron chi connectivity index (χ0n) is 19.9. The molecule has 4 rings (SSSR count). The van der Waals surface area contributed by atoms with Crippen molar-refractivity contribution in [2.24, 2.45) is 0 Å². The predicted octanol–water partition coefficient (Wildman–Crippen LogP) is 2.11. The van der Waals surface area contributed by atoms with Crippen LogP contribution in [0.2, 0.25) is 0 Å². The van der Waals surface area contributed by atoms with E-state index < -0.39 is 5.97 Å². The Morgan fingerprint density at radius 1 is 1.12 bits per heavy atom. The Morgan fingerprint density at radius 3 is 2.53 bits per heavy atom. The summed E-state index contributed by atoms with van der Waals surface area (Å²) < 4.78 is 12.1. The Labute approximate surface area is 199 Å². The Morgan fingerprint density at radius 2 is 1.82 bits per heavy atom. The highest BCUT2D eigenvalue weighted by atomic mass is 16.5. The molecule has 0 spiro atoms. The second kappa shape index (κ2) is 11.1. The molecule has 2 aliphatic rings. The largest absolute Gasteiger partial charge is 0.451 e. The van der Waals surface area contributed by atoms with Crippen molar-refractivity contribution in [1.29, 1.82) is 0 Å². The molecule has 2 heterocycles. The number of esters is 1. The lowest BCUT2D eigenvalue weighted by Gasteiger charge is -2.48. The number of nitrogens with one attached hydrogen (secondary N) is 1. The average Bonchev–Trinajstić information content (AvgIpc) is 2.89. The van der Waals surface area contributed by atoms with Crippen molar-refractivity contribution in [1.82, 2.24) is 20.0 Å². The number of morpholine rings is 1. The molecule has 1 aromatic heterocycles. The molecule has 1 N–H and O–H groups in total. The van der Waals surface area contributed by atoms with Gasteiger partial charge in [0.1, 0.15) is 0 Å². The van der Waals surface area contributed by atoms with Gasteiger partial charge in [-0.05, 0) is 25.3 Å². The minimum Gasteiger partial charge on any atom is -0.451 e. The van der Waals surface area contributed by atoms with Gasteiger partial charge in [-0.15, -0.1) is 0 Å². The van der Waals surface area contributed by atoms with Gasteiger partial charge in [0.05, 0.1) is 18.6 Å². The van der Waals surface area contributed by atoms with Crippen molar-refractivity contribution in [2.45, 2.75) is 57.5 Å². The lowest BCUT2D eigenvalue weighted by atomic mass is 9.79. The van der Waals surface area contributed by atoms with Crippen LogP contribution in [0.1, 0.15) is 55.9 Å². The third-order valence-corrected chi connectivity index (χ3v) is 6.91. The molecule has 1 saturated carbocycles. The van der Waals surface area contributed by atoms with Gasteiger partial charge in [0.25, 0.3) is 11.5 Å². The number of hydrogen-bond donors (Lipinski definition) is 1. The molecule has 1 amide bonds. The van der Waals surface area contributed by atoms with Crippen molar-refractivity contribution in [3.63, 3.8) is 0 Å². The minimum absolute atomic E-state index is 0.0496. The molecule has 0 bridgehead atoms. The SMILES string of the molecule is CCCn1nc(C(=O)OCC(=O)NCC2(N3CCOCC3)CCCCC2)c2ccccc2c1=O. The average molecular weight is 471 g/mol. The maximum Gasteiger partial charge on any atom is 0.359 e. The summed E-state index contributed by atoms with van der Waals surface area (Å²) in [5.41, 5.74) is -0.254. The van der Waals surface area contributed by atoms with E-state index in [9.17, 15) is 14.4 Å². The summed E-state index contributed by atoms with van der Waals surface area (Å²) in [6, 6.07) is 6.83. The van der Waals surface area contributed by atoms with Crippen molar-refractivity contribution < 1.29 is 19.1 Å². The number of ether oxygens (including phenoxy) is 2. The number of rotatable bonds is 8.